The van der Waals surface area contributed by atoms with Crippen molar-refractivity contribution in [3.63, 3.8) is 0 Å². The van der Waals surface area contributed by atoms with Crippen molar-refractivity contribution in [2.24, 2.45) is 0 Å². The van der Waals surface area contributed by atoms with E-state index in [0.717, 1.165) is 25.7 Å². The fraction of sp³-hybridized carbons (Fsp3) is 0.778. The van der Waals surface area contributed by atoms with Crippen LogP contribution in [0.3, 0.4) is 0 Å². The zero-order valence-electron chi connectivity index (χ0n) is 8.13. The first kappa shape index (κ1) is 8.38. The molecule has 1 atom stereocenters. The van der Waals surface area contributed by atoms with Crippen LogP contribution in [0.25, 0.3) is 0 Å². The van der Waals surface area contributed by atoms with Crippen LogP contribution in [0.5, 0.6) is 0 Å². The van der Waals surface area contributed by atoms with Crippen molar-refractivity contribution in [3.05, 3.63) is 12.7 Å². The van der Waals surface area contributed by atoms with Crippen molar-refractivity contribution in [1.29, 1.82) is 0 Å². The third-order valence-electron chi connectivity index (χ3n) is 3.28. The lowest BCUT2D eigenvalue weighted by Gasteiger charge is -2.35. The van der Waals surface area contributed by atoms with Crippen LogP contribution in [0.2, 0.25) is 0 Å². The summed E-state index contributed by atoms with van der Waals surface area (Å²) in [6.45, 7) is 4.65. The van der Waals surface area contributed by atoms with Crippen LogP contribution in [0.15, 0.2) is 12.7 Å². The van der Waals surface area contributed by atoms with Crippen molar-refractivity contribution in [1.82, 2.24) is 25.0 Å². The Labute approximate surface area is 83.1 Å². The van der Waals surface area contributed by atoms with Gasteiger partial charge in [-0.1, -0.05) is 0 Å². The third kappa shape index (κ3) is 1.33. The van der Waals surface area contributed by atoms with Crippen molar-refractivity contribution < 1.29 is 0 Å². The van der Waals surface area contributed by atoms with Gasteiger partial charge in [0.25, 0.3) is 0 Å². The first-order chi connectivity index (χ1) is 6.93. The van der Waals surface area contributed by atoms with Crippen LogP contribution >= 0.6 is 0 Å². The summed E-state index contributed by atoms with van der Waals surface area (Å²) in [7, 11) is 0. The lowest BCUT2D eigenvalue weighted by molar-refractivity contribution is 0.173. The van der Waals surface area contributed by atoms with E-state index in [0.29, 0.717) is 6.04 Å². The van der Waals surface area contributed by atoms with Crippen molar-refractivity contribution in [2.45, 2.75) is 18.5 Å². The van der Waals surface area contributed by atoms with E-state index in [9.17, 15) is 0 Å². The Kier molecular flexibility index (Phi) is 1.99. The first-order valence-corrected chi connectivity index (χ1v) is 5.22. The van der Waals surface area contributed by atoms with E-state index in [1.54, 1.807) is 6.33 Å². The molecule has 1 N–H and O–H groups in total. The number of aromatic nitrogens is 3. The van der Waals surface area contributed by atoms with Gasteiger partial charge in [0, 0.05) is 32.2 Å². The summed E-state index contributed by atoms with van der Waals surface area (Å²) in [5.41, 5.74) is 0. The Bertz CT molecular complexity index is 292. The molecule has 0 aliphatic carbocycles. The Morgan fingerprint density at radius 1 is 1.29 bits per heavy atom. The second kappa shape index (κ2) is 3.33. The molecule has 5 heteroatoms. The number of hydrogen-bond acceptors (Lipinski definition) is 4. The van der Waals surface area contributed by atoms with Crippen LogP contribution in [0.4, 0.5) is 0 Å². The van der Waals surface area contributed by atoms with Gasteiger partial charge in [-0.25, -0.2) is 9.67 Å². The normalized spacial score (nSPS) is 29.3. The number of nitrogens with zero attached hydrogens (tertiary/aromatic N) is 4. The molecule has 2 fully saturated rings. The quantitative estimate of drug-likeness (QED) is 0.687. The largest absolute Gasteiger partial charge is 0.314 e. The number of rotatable bonds is 2. The predicted octanol–water partition coefficient (Wildman–Crippen LogP) is -0.503. The average molecular weight is 193 g/mol. The molecule has 1 aromatic rings. The smallest absolute Gasteiger partial charge is 0.137 e. The van der Waals surface area contributed by atoms with Gasteiger partial charge in [0.2, 0.25) is 0 Å². The molecule has 2 saturated heterocycles. The highest BCUT2D eigenvalue weighted by Gasteiger charge is 2.32. The summed E-state index contributed by atoms with van der Waals surface area (Å²) >= 11 is 0. The number of nitrogens with one attached hydrogen (secondary N) is 1. The van der Waals surface area contributed by atoms with E-state index >= 15 is 0 Å². The lowest BCUT2D eigenvalue weighted by Crippen LogP contribution is -2.56. The molecule has 3 rings (SSSR count). The summed E-state index contributed by atoms with van der Waals surface area (Å²) in [5.74, 6) is 0. The minimum absolute atomic E-state index is 0.540. The average Bonchev–Trinajstić information content (AvgIpc) is 2.65. The van der Waals surface area contributed by atoms with E-state index < -0.39 is 0 Å². The standard InChI is InChI=1S/C9H15N5/c1-2-13(9-3-10-4-9)5-8(1)14-7-11-6-12-14/h6-10H,1-5H2. The number of hydrogen-bond donors (Lipinski definition) is 1. The van der Waals surface area contributed by atoms with Crippen molar-refractivity contribution in [2.75, 3.05) is 26.2 Å². The second-order valence-electron chi connectivity index (χ2n) is 4.12. The molecule has 0 aromatic carbocycles. The molecule has 5 nitrogen and oxygen atoms in total. The van der Waals surface area contributed by atoms with Gasteiger partial charge in [0.15, 0.2) is 0 Å². The number of likely N-dealkylation sites (tertiary alicyclic amines) is 1. The van der Waals surface area contributed by atoms with E-state index in [-0.39, 0.29) is 0 Å². The minimum Gasteiger partial charge on any atom is -0.314 e. The Hall–Kier alpha value is -0.940. The van der Waals surface area contributed by atoms with Gasteiger partial charge in [-0.3, -0.25) is 4.90 Å². The van der Waals surface area contributed by atoms with Gasteiger partial charge < -0.3 is 5.32 Å². The van der Waals surface area contributed by atoms with Crippen LogP contribution < -0.4 is 5.32 Å². The monoisotopic (exact) mass is 193 g/mol. The molecular weight excluding hydrogens is 178 g/mol. The Morgan fingerprint density at radius 2 is 2.21 bits per heavy atom. The van der Waals surface area contributed by atoms with E-state index in [4.69, 9.17) is 0 Å². The summed E-state index contributed by atoms with van der Waals surface area (Å²) in [5, 5.41) is 7.51. The molecule has 14 heavy (non-hydrogen) atoms. The van der Waals surface area contributed by atoms with Gasteiger partial charge in [-0.05, 0) is 6.42 Å². The fourth-order valence-electron chi connectivity index (χ4n) is 2.25. The highest BCUT2D eigenvalue weighted by atomic mass is 15.4. The molecular formula is C9H15N5. The van der Waals surface area contributed by atoms with Crippen LogP contribution in [-0.2, 0) is 0 Å². The van der Waals surface area contributed by atoms with Crippen LogP contribution in [-0.4, -0.2) is 51.9 Å². The zero-order valence-corrected chi connectivity index (χ0v) is 8.13. The third-order valence-corrected chi connectivity index (χ3v) is 3.28. The Morgan fingerprint density at radius 3 is 2.86 bits per heavy atom. The summed E-state index contributed by atoms with van der Waals surface area (Å²) in [4.78, 5) is 6.55. The maximum atomic E-state index is 4.20. The molecule has 0 amide bonds. The van der Waals surface area contributed by atoms with E-state index in [1.165, 1.54) is 13.0 Å². The molecule has 1 aromatic heterocycles. The molecule has 1 unspecified atom stereocenters. The second-order valence-corrected chi connectivity index (χ2v) is 4.12. The maximum Gasteiger partial charge on any atom is 0.137 e. The van der Waals surface area contributed by atoms with Crippen molar-refractivity contribution in [3.8, 4) is 0 Å². The van der Waals surface area contributed by atoms with Crippen LogP contribution in [0, 0.1) is 0 Å². The summed E-state index contributed by atoms with van der Waals surface area (Å²) in [6.07, 6.45) is 4.65. The molecule has 0 radical (unpaired) electrons. The fourth-order valence-corrected chi connectivity index (χ4v) is 2.25. The molecule has 2 aliphatic rings. The maximum absolute atomic E-state index is 4.20. The molecule has 0 saturated carbocycles. The summed E-state index contributed by atoms with van der Waals surface area (Å²) < 4.78 is 1.99. The van der Waals surface area contributed by atoms with Crippen molar-refractivity contribution >= 4 is 0 Å². The van der Waals surface area contributed by atoms with Gasteiger partial charge in [-0.15, -0.1) is 0 Å². The SMILES string of the molecule is c1ncn(C2CCN(C3CNC3)C2)n1. The predicted molar refractivity (Wildman–Crippen MR) is 51.9 cm³/mol. The van der Waals surface area contributed by atoms with Gasteiger partial charge in [-0.2, -0.15) is 5.10 Å². The topological polar surface area (TPSA) is 46.0 Å². The lowest BCUT2D eigenvalue weighted by atomic mass is 10.1. The van der Waals surface area contributed by atoms with Gasteiger partial charge >= 0.3 is 0 Å². The van der Waals surface area contributed by atoms with Gasteiger partial charge in [0.05, 0.1) is 6.04 Å². The first-order valence-electron chi connectivity index (χ1n) is 5.22. The molecule has 76 valence electrons. The zero-order chi connectivity index (χ0) is 9.38. The highest BCUT2D eigenvalue weighted by molar-refractivity contribution is 4.90. The van der Waals surface area contributed by atoms with Crippen LogP contribution in [0.1, 0.15) is 12.5 Å². The summed E-state index contributed by atoms with van der Waals surface area (Å²) in [6, 6.07) is 1.31. The molecule has 2 aliphatic heterocycles. The van der Waals surface area contributed by atoms with E-state index in [1.807, 2.05) is 11.0 Å². The molecule has 3 heterocycles. The minimum atomic E-state index is 0.540. The molecule has 0 bridgehead atoms. The van der Waals surface area contributed by atoms with E-state index in [2.05, 4.69) is 20.3 Å². The highest BCUT2D eigenvalue weighted by Crippen LogP contribution is 2.23. The molecule has 0 spiro atoms. The Balaban J connectivity index is 1.64. The van der Waals surface area contributed by atoms with Gasteiger partial charge in [0.1, 0.15) is 12.7 Å².